The van der Waals surface area contributed by atoms with Crippen LogP contribution in [0.1, 0.15) is 24.4 Å². The van der Waals surface area contributed by atoms with Crippen molar-refractivity contribution < 1.29 is 14.3 Å². The molecule has 2 aliphatic heterocycles. The highest BCUT2D eigenvalue weighted by atomic mass is 16.5. The van der Waals surface area contributed by atoms with Gasteiger partial charge in [0.2, 0.25) is 5.91 Å². The van der Waals surface area contributed by atoms with Crippen molar-refractivity contribution in [1.82, 2.24) is 29.5 Å². The summed E-state index contributed by atoms with van der Waals surface area (Å²) in [4.78, 5) is 25.7. The summed E-state index contributed by atoms with van der Waals surface area (Å²) in [6.45, 7) is 5.90. The van der Waals surface area contributed by atoms with E-state index in [0.717, 1.165) is 44.8 Å². The van der Waals surface area contributed by atoms with Crippen molar-refractivity contribution >= 4 is 5.91 Å². The van der Waals surface area contributed by atoms with Crippen LogP contribution < -0.4 is 0 Å². The molecular weight excluding hydrogens is 372 g/mol. The lowest BCUT2D eigenvalue weighted by Gasteiger charge is -2.43. The first-order valence-electron chi connectivity index (χ1n) is 10.2. The first-order valence-corrected chi connectivity index (χ1v) is 10.2. The first kappa shape index (κ1) is 19.9. The van der Waals surface area contributed by atoms with Gasteiger partial charge in [0, 0.05) is 51.5 Å². The average molecular weight is 400 g/mol. The Morgan fingerprint density at radius 2 is 2.07 bits per heavy atom. The van der Waals surface area contributed by atoms with Crippen molar-refractivity contribution in [2.45, 2.75) is 31.5 Å². The number of nitrogens with zero attached hydrogens (tertiary/aromatic N) is 6. The number of morpholine rings is 2. The highest BCUT2D eigenvalue weighted by molar-refractivity contribution is 5.77. The third kappa shape index (κ3) is 5.17. The van der Waals surface area contributed by atoms with Gasteiger partial charge in [0.15, 0.2) is 0 Å². The zero-order valence-corrected chi connectivity index (χ0v) is 16.6. The fourth-order valence-electron chi connectivity index (χ4n) is 4.03. The second kappa shape index (κ2) is 9.91. The van der Waals surface area contributed by atoms with Crippen LogP contribution in [-0.4, -0.2) is 87.6 Å². The van der Waals surface area contributed by atoms with Crippen LogP contribution in [0, 0.1) is 0 Å². The Hall–Kier alpha value is -2.36. The number of aromatic nitrogens is 4. The molecule has 1 amide bonds. The molecule has 2 fully saturated rings. The van der Waals surface area contributed by atoms with Crippen LogP contribution in [0.15, 0.2) is 37.2 Å². The maximum atomic E-state index is 13.1. The molecular formula is C20H28N6O3. The molecule has 9 nitrogen and oxygen atoms in total. The SMILES string of the molecule is O=C(CCCn1cncn1)N1CCO[C@@H](CN2CCOCC2)[C@@H]1c1cccnc1. The van der Waals surface area contributed by atoms with Crippen molar-refractivity contribution in [2.24, 2.45) is 0 Å². The zero-order valence-electron chi connectivity index (χ0n) is 16.6. The molecule has 2 saturated heterocycles. The van der Waals surface area contributed by atoms with Gasteiger partial charge >= 0.3 is 0 Å². The third-order valence-electron chi connectivity index (χ3n) is 5.48. The smallest absolute Gasteiger partial charge is 0.223 e. The van der Waals surface area contributed by atoms with Gasteiger partial charge in [-0.1, -0.05) is 6.07 Å². The van der Waals surface area contributed by atoms with Crippen molar-refractivity contribution in [1.29, 1.82) is 0 Å². The summed E-state index contributed by atoms with van der Waals surface area (Å²) < 4.78 is 13.4. The van der Waals surface area contributed by atoms with Crippen molar-refractivity contribution in [2.75, 3.05) is 46.0 Å². The predicted molar refractivity (Wildman–Crippen MR) is 105 cm³/mol. The van der Waals surface area contributed by atoms with Crippen molar-refractivity contribution in [3.63, 3.8) is 0 Å². The second-order valence-corrected chi connectivity index (χ2v) is 7.40. The fourth-order valence-corrected chi connectivity index (χ4v) is 4.03. The van der Waals surface area contributed by atoms with Crippen LogP contribution in [0.2, 0.25) is 0 Å². The molecule has 2 atom stereocenters. The van der Waals surface area contributed by atoms with E-state index in [1.165, 1.54) is 6.33 Å². The highest BCUT2D eigenvalue weighted by Crippen LogP contribution is 2.30. The van der Waals surface area contributed by atoms with Gasteiger partial charge in [-0.15, -0.1) is 0 Å². The molecule has 156 valence electrons. The lowest BCUT2D eigenvalue weighted by molar-refractivity contribution is -0.149. The molecule has 0 N–H and O–H groups in total. The van der Waals surface area contributed by atoms with E-state index in [1.807, 2.05) is 23.2 Å². The number of pyridine rings is 1. The van der Waals surface area contributed by atoms with E-state index in [-0.39, 0.29) is 18.1 Å². The number of rotatable bonds is 7. The minimum Gasteiger partial charge on any atom is -0.379 e. The van der Waals surface area contributed by atoms with Gasteiger partial charge in [-0.25, -0.2) is 4.98 Å². The molecule has 0 saturated carbocycles. The molecule has 4 rings (SSSR count). The molecule has 2 aliphatic rings. The Labute approximate surface area is 170 Å². The summed E-state index contributed by atoms with van der Waals surface area (Å²) in [6.07, 6.45) is 7.92. The summed E-state index contributed by atoms with van der Waals surface area (Å²) in [7, 11) is 0. The maximum Gasteiger partial charge on any atom is 0.223 e. The molecule has 0 aliphatic carbocycles. The molecule has 2 aromatic heterocycles. The summed E-state index contributed by atoms with van der Waals surface area (Å²) in [5.74, 6) is 0.147. The Morgan fingerprint density at radius 3 is 2.83 bits per heavy atom. The van der Waals surface area contributed by atoms with Crippen molar-refractivity contribution in [3.8, 4) is 0 Å². The van der Waals surface area contributed by atoms with Gasteiger partial charge in [-0.3, -0.25) is 19.4 Å². The Bertz CT molecular complexity index is 751. The molecule has 0 radical (unpaired) electrons. The molecule has 2 aromatic rings. The average Bonchev–Trinajstić information content (AvgIpc) is 3.28. The van der Waals surface area contributed by atoms with Crippen LogP contribution in [0.4, 0.5) is 0 Å². The second-order valence-electron chi connectivity index (χ2n) is 7.40. The van der Waals surface area contributed by atoms with Crippen LogP contribution in [0.3, 0.4) is 0 Å². The van der Waals surface area contributed by atoms with Gasteiger partial charge in [0.25, 0.3) is 0 Å². The summed E-state index contributed by atoms with van der Waals surface area (Å²) in [6, 6.07) is 3.83. The number of carbonyl (C=O) groups is 1. The van der Waals surface area contributed by atoms with E-state index in [0.29, 0.717) is 26.1 Å². The molecule has 0 spiro atoms. The largest absolute Gasteiger partial charge is 0.379 e. The highest BCUT2D eigenvalue weighted by Gasteiger charge is 2.37. The number of hydrogen-bond donors (Lipinski definition) is 0. The van der Waals surface area contributed by atoms with Crippen LogP contribution in [0.5, 0.6) is 0 Å². The molecule has 0 bridgehead atoms. The van der Waals surface area contributed by atoms with E-state index >= 15 is 0 Å². The molecule has 29 heavy (non-hydrogen) atoms. The Morgan fingerprint density at radius 1 is 1.17 bits per heavy atom. The van der Waals surface area contributed by atoms with Gasteiger partial charge in [-0.05, 0) is 18.1 Å². The standard InChI is InChI=1S/C20H28N6O3/c27-19(4-2-6-25-16-22-15-23-25)26-9-12-29-18(14-24-7-10-28-11-8-24)20(26)17-3-1-5-21-13-17/h1,3,5,13,15-16,18,20H,2,4,6-12,14H2/t18-,20-/m0/s1. The predicted octanol–water partition coefficient (Wildman–Crippen LogP) is 0.754. The van der Waals surface area contributed by atoms with Crippen LogP contribution >= 0.6 is 0 Å². The van der Waals surface area contributed by atoms with E-state index in [1.54, 1.807) is 17.2 Å². The quantitative estimate of drug-likeness (QED) is 0.678. The minimum atomic E-state index is -0.126. The van der Waals surface area contributed by atoms with Gasteiger partial charge in [0.1, 0.15) is 12.7 Å². The molecule has 9 heteroatoms. The lowest BCUT2D eigenvalue weighted by atomic mass is 9.98. The minimum absolute atomic E-state index is 0.0784. The fraction of sp³-hybridized carbons (Fsp3) is 0.600. The summed E-state index contributed by atoms with van der Waals surface area (Å²) in [5, 5.41) is 4.10. The van der Waals surface area contributed by atoms with Gasteiger partial charge in [0.05, 0.1) is 32.0 Å². The maximum absolute atomic E-state index is 13.1. The number of amides is 1. The van der Waals surface area contributed by atoms with Gasteiger partial charge in [-0.2, -0.15) is 5.10 Å². The van der Waals surface area contributed by atoms with Crippen LogP contribution in [0.25, 0.3) is 0 Å². The van der Waals surface area contributed by atoms with Gasteiger partial charge < -0.3 is 14.4 Å². The third-order valence-corrected chi connectivity index (χ3v) is 5.48. The number of carbonyl (C=O) groups excluding carboxylic acids is 1. The molecule has 0 aromatic carbocycles. The molecule has 4 heterocycles. The first-order chi connectivity index (χ1) is 14.3. The van der Waals surface area contributed by atoms with E-state index in [9.17, 15) is 4.79 Å². The summed E-state index contributed by atoms with van der Waals surface area (Å²) in [5.41, 5.74) is 1.02. The Kier molecular flexibility index (Phi) is 6.81. The number of ether oxygens (including phenoxy) is 2. The molecule has 0 unspecified atom stereocenters. The van der Waals surface area contributed by atoms with Crippen molar-refractivity contribution in [3.05, 3.63) is 42.7 Å². The van der Waals surface area contributed by atoms with Crippen LogP contribution in [-0.2, 0) is 20.8 Å². The van der Waals surface area contributed by atoms with E-state index < -0.39 is 0 Å². The van der Waals surface area contributed by atoms with E-state index in [2.05, 4.69) is 20.0 Å². The number of hydrogen-bond acceptors (Lipinski definition) is 7. The zero-order chi connectivity index (χ0) is 19.9. The summed E-state index contributed by atoms with van der Waals surface area (Å²) >= 11 is 0. The monoisotopic (exact) mass is 400 g/mol. The van der Waals surface area contributed by atoms with E-state index in [4.69, 9.17) is 9.47 Å². The topological polar surface area (TPSA) is 85.6 Å². The Balaban J connectivity index is 1.45. The lowest BCUT2D eigenvalue weighted by Crippen LogP contribution is -2.53. The normalized spacial score (nSPS) is 23.2. The number of aryl methyl sites for hydroxylation is 1.